The van der Waals surface area contributed by atoms with Crippen molar-refractivity contribution in [1.82, 2.24) is 4.90 Å². The van der Waals surface area contributed by atoms with Crippen molar-refractivity contribution in [2.24, 2.45) is 5.16 Å². The highest BCUT2D eigenvalue weighted by atomic mass is 32.2. The molecule has 6 nitrogen and oxygen atoms in total. The first-order valence-corrected chi connectivity index (χ1v) is 8.71. The standard InChI is InChI=1S/C13H12N2O4S3/c1-3-8-15-12(16)11(21-13(15)20)14-19-22(17,18)10-6-4-9(2)5-7-10/h3-7H,1,8H2,2H3. The predicted octanol–water partition coefficient (Wildman–Crippen LogP) is 2.06. The molecule has 0 N–H and O–H groups in total. The molecule has 1 fully saturated rings. The fourth-order valence-electron chi connectivity index (χ4n) is 1.55. The summed E-state index contributed by atoms with van der Waals surface area (Å²) in [5.41, 5.74) is 0.914. The number of carbonyl (C=O) groups excluding carboxylic acids is 1. The van der Waals surface area contributed by atoms with Crippen molar-refractivity contribution in [2.75, 3.05) is 6.54 Å². The van der Waals surface area contributed by atoms with Crippen LogP contribution in [0, 0.1) is 6.92 Å². The number of amides is 1. The van der Waals surface area contributed by atoms with E-state index in [9.17, 15) is 13.2 Å². The monoisotopic (exact) mass is 356 g/mol. The van der Waals surface area contributed by atoms with Gasteiger partial charge in [-0.3, -0.25) is 14.0 Å². The second-order valence-electron chi connectivity index (χ2n) is 4.31. The van der Waals surface area contributed by atoms with Crippen molar-refractivity contribution < 1.29 is 17.5 Å². The van der Waals surface area contributed by atoms with Gasteiger partial charge in [0.05, 0.1) is 0 Å². The quantitative estimate of drug-likeness (QED) is 0.457. The third kappa shape index (κ3) is 3.54. The van der Waals surface area contributed by atoms with E-state index in [0.717, 1.165) is 17.3 Å². The van der Waals surface area contributed by atoms with Crippen molar-refractivity contribution >= 4 is 49.4 Å². The summed E-state index contributed by atoms with van der Waals surface area (Å²) in [6.45, 7) is 5.58. The molecule has 116 valence electrons. The summed E-state index contributed by atoms with van der Waals surface area (Å²) in [5.74, 6) is -0.506. The molecule has 0 atom stereocenters. The normalized spacial score (nSPS) is 17.1. The number of rotatable bonds is 5. The number of hydrogen-bond donors (Lipinski definition) is 0. The third-order valence-electron chi connectivity index (χ3n) is 2.67. The first-order valence-electron chi connectivity index (χ1n) is 6.08. The molecule has 1 aliphatic heterocycles. The van der Waals surface area contributed by atoms with Crippen molar-refractivity contribution in [3.63, 3.8) is 0 Å². The number of oxime groups is 1. The van der Waals surface area contributed by atoms with Crippen LogP contribution in [0.2, 0.25) is 0 Å². The fourth-order valence-corrected chi connectivity index (χ4v) is 3.43. The van der Waals surface area contributed by atoms with Gasteiger partial charge in [0, 0.05) is 6.54 Å². The summed E-state index contributed by atoms with van der Waals surface area (Å²) in [4.78, 5) is 13.2. The van der Waals surface area contributed by atoms with Crippen molar-refractivity contribution in [1.29, 1.82) is 0 Å². The Labute approximate surface area is 137 Å². The molecule has 22 heavy (non-hydrogen) atoms. The molecule has 1 amide bonds. The number of thioether (sulfide) groups is 1. The van der Waals surface area contributed by atoms with E-state index >= 15 is 0 Å². The van der Waals surface area contributed by atoms with Crippen LogP contribution < -0.4 is 0 Å². The van der Waals surface area contributed by atoms with Crippen LogP contribution in [0.4, 0.5) is 0 Å². The Morgan fingerprint density at radius 1 is 1.41 bits per heavy atom. The van der Waals surface area contributed by atoms with Gasteiger partial charge in [-0.05, 0) is 30.8 Å². The molecule has 1 aromatic carbocycles. The van der Waals surface area contributed by atoms with Crippen LogP contribution in [0.15, 0.2) is 47.0 Å². The highest BCUT2D eigenvalue weighted by molar-refractivity contribution is 8.35. The Hall–Kier alpha value is -1.71. The minimum absolute atomic E-state index is 0.0385. The van der Waals surface area contributed by atoms with Crippen molar-refractivity contribution in [3.05, 3.63) is 42.5 Å². The molecule has 0 bridgehead atoms. The predicted molar refractivity (Wildman–Crippen MR) is 89.0 cm³/mol. The Kier molecular flexibility index (Phi) is 4.99. The molecular weight excluding hydrogens is 344 g/mol. The summed E-state index contributed by atoms with van der Waals surface area (Å²) in [5, 5.41) is 3.31. The van der Waals surface area contributed by atoms with E-state index in [1.807, 2.05) is 6.92 Å². The zero-order chi connectivity index (χ0) is 16.3. The molecule has 1 saturated heterocycles. The van der Waals surface area contributed by atoms with E-state index in [1.165, 1.54) is 23.1 Å². The second kappa shape index (κ2) is 6.59. The van der Waals surface area contributed by atoms with Gasteiger partial charge in [0.2, 0.25) is 5.04 Å². The molecule has 2 rings (SSSR count). The molecule has 0 saturated carbocycles. The summed E-state index contributed by atoms with van der Waals surface area (Å²) in [6.07, 6.45) is 1.51. The lowest BCUT2D eigenvalue weighted by Crippen LogP contribution is -2.30. The number of benzene rings is 1. The molecule has 1 aliphatic rings. The average Bonchev–Trinajstić information content (AvgIpc) is 2.74. The van der Waals surface area contributed by atoms with Gasteiger partial charge in [0.25, 0.3) is 5.91 Å². The van der Waals surface area contributed by atoms with Crippen LogP contribution >= 0.6 is 24.0 Å². The highest BCUT2D eigenvalue weighted by Crippen LogP contribution is 2.23. The Balaban J connectivity index is 2.18. The number of nitrogens with zero attached hydrogens (tertiary/aromatic N) is 2. The highest BCUT2D eigenvalue weighted by Gasteiger charge is 2.34. The topological polar surface area (TPSA) is 76.0 Å². The van der Waals surface area contributed by atoms with Gasteiger partial charge < -0.3 is 0 Å². The van der Waals surface area contributed by atoms with E-state index in [4.69, 9.17) is 12.2 Å². The largest absolute Gasteiger partial charge is 0.358 e. The van der Waals surface area contributed by atoms with Gasteiger partial charge >= 0.3 is 10.1 Å². The first-order chi connectivity index (χ1) is 10.3. The number of thiocarbonyl (C=S) groups is 1. The lowest BCUT2D eigenvalue weighted by atomic mass is 10.2. The Bertz CT molecular complexity index is 754. The Morgan fingerprint density at radius 2 is 2.05 bits per heavy atom. The summed E-state index contributed by atoms with van der Waals surface area (Å²) in [6, 6.07) is 6.09. The van der Waals surface area contributed by atoms with Gasteiger partial charge in [0.15, 0.2) is 0 Å². The molecule has 0 aromatic heterocycles. The minimum Gasteiger partial charge on any atom is -0.287 e. The maximum absolute atomic E-state index is 12.0. The summed E-state index contributed by atoms with van der Waals surface area (Å²) in [7, 11) is -4.07. The molecule has 0 aliphatic carbocycles. The lowest BCUT2D eigenvalue weighted by molar-refractivity contribution is -0.119. The first kappa shape index (κ1) is 16.7. The zero-order valence-corrected chi connectivity index (χ0v) is 14.0. The maximum Gasteiger partial charge on any atom is 0.358 e. The molecule has 0 unspecified atom stereocenters. The van der Waals surface area contributed by atoms with Crippen LogP contribution in [-0.2, 0) is 19.2 Å². The van der Waals surface area contributed by atoms with Crippen molar-refractivity contribution in [3.8, 4) is 0 Å². The van der Waals surface area contributed by atoms with Crippen LogP contribution in [-0.4, -0.2) is 35.1 Å². The lowest BCUT2D eigenvalue weighted by Gasteiger charge is -2.09. The average molecular weight is 356 g/mol. The fraction of sp³-hybridized carbons (Fsp3) is 0.154. The van der Waals surface area contributed by atoms with Gasteiger partial charge in [0.1, 0.15) is 9.22 Å². The van der Waals surface area contributed by atoms with Crippen molar-refractivity contribution in [2.45, 2.75) is 11.8 Å². The molecule has 0 spiro atoms. The SMILES string of the molecule is C=CCN1C(=O)C(=NOS(=O)(=O)c2ccc(C)cc2)SC1=S. The van der Waals surface area contributed by atoms with Crippen LogP contribution in [0.1, 0.15) is 5.56 Å². The van der Waals surface area contributed by atoms with E-state index < -0.39 is 16.0 Å². The smallest absolute Gasteiger partial charge is 0.287 e. The summed E-state index contributed by atoms with van der Waals surface area (Å²) < 4.78 is 28.8. The number of carbonyl (C=O) groups is 1. The Morgan fingerprint density at radius 3 is 2.64 bits per heavy atom. The van der Waals surface area contributed by atoms with Gasteiger partial charge in [-0.25, -0.2) is 0 Å². The molecular formula is C13H12N2O4S3. The van der Waals surface area contributed by atoms with Gasteiger partial charge in [-0.2, -0.15) is 8.42 Å². The molecule has 1 aromatic rings. The number of aryl methyl sites for hydroxylation is 1. The van der Waals surface area contributed by atoms with E-state index in [0.29, 0.717) is 0 Å². The van der Waals surface area contributed by atoms with E-state index in [-0.39, 0.29) is 20.8 Å². The molecule has 0 radical (unpaired) electrons. The zero-order valence-electron chi connectivity index (χ0n) is 11.6. The van der Waals surface area contributed by atoms with Gasteiger partial charge in [-0.15, -0.1) is 6.58 Å². The minimum atomic E-state index is -4.07. The van der Waals surface area contributed by atoms with E-state index in [2.05, 4.69) is 16.0 Å². The second-order valence-corrected chi connectivity index (χ2v) is 7.46. The molecule has 9 heteroatoms. The number of hydrogen-bond acceptors (Lipinski definition) is 7. The molecule has 1 heterocycles. The van der Waals surface area contributed by atoms with E-state index in [1.54, 1.807) is 12.1 Å². The van der Waals surface area contributed by atoms with Gasteiger partial charge in [-0.1, -0.05) is 41.1 Å². The third-order valence-corrected chi connectivity index (χ3v) is 5.10. The van der Waals surface area contributed by atoms with Crippen LogP contribution in [0.25, 0.3) is 0 Å². The maximum atomic E-state index is 12.0. The van der Waals surface area contributed by atoms with Crippen LogP contribution in [0.3, 0.4) is 0 Å². The summed E-state index contributed by atoms with van der Waals surface area (Å²) >= 11 is 5.89. The van der Waals surface area contributed by atoms with Crippen LogP contribution in [0.5, 0.6) is 0 Å².